The topological polar surface area (TPSA) is 81.2 Å². The summed E-state index contributed by atoms with van der Waals surface area (Å²) in [5.74, 6) is 1.44. The third kappa shape index (κ3) is 8.71. The fourth-order valence-electron chi connectivity index (χ4n) is 6.68. The maximum Gasteiger partial charge on any atom is 0.500 e. The summed E-state index contributed by atoms with van der Waals surface area (Å²) in [6.45, 7) is 20.3. The van der Waals surface area contributed by atoms with Crippen LogP contribution in [0.25, 0.3) is 44.5 Å². The number of aromatic nitrogens is 2. The smallest absolute Gasteiger partial charge is 0.497 e. The highest BCUT2D eigenvalue weighted by molar-refractivity contribution is 6.63. The van der Waals surface area contributed by atoms with Crippen molar-refractivity contribution in [1.29, 1.82) is 0 Å². The van der Waals surface area contributed by atoms with Gasteiger partial charge in [0.2, 0.25) is 0 Å². The lowest BCUT2D eigenvalue weighted by molar-refractivity contribution is 0.00578. The van der Waals surface area contributed by atoms with E-state index in [2.05, 4.69) is 42.5 Å². The standard InChI is InChI=1S/C24H26BNO3.C22H24BNO3.C2H6/c1-23(2)24(3,4)29-25(28-23)20-16-26-21(15-22(20)27-5)19-13-9-12-18(14-19)17-10-7-6-8-11-17;1-21(2)22(3,4)27-23(26-21)17-12-10-16(14-20(17)25-5)19-13-11-15-8-6-7-9-18(15)24-19;1-2/h6-16H,1-5H3;6-14H,1-5H3;1-2H3. The second-order valence-electron chi connectivity index (χ2n) is 16.3. The first kappa shape index (κ1) is 42.6. The summed E-state index contributed by atoms with van der Waals surface area (Å²) in [5.41, 5.74) is 7.18. The minimum Gasteiger partial charge on any atom is -0.497 e. The Labute approximate surface area is 345 Å². The Kier molecular flexibility index (Phi) is 12.5. The number of methoxy groups -OCH3 is 2. The van der Waals surface area contributed by atoms with E-state index in [1.165, 1.54) is 5.56 Å². The zero-order valence-electron chi connectivity index (χ0n) is 36.0. The van der Waals surface area contributed by atoms with Crippen molar-refractivity contribution >= 4 is 36.1 Å². The van der Waals surface area contributed by atoms with Crippen LogP contribution in [-0.2, 0) is 18.6 Å². The predicted octanol–water partition coefficient (Wildman–Crippen LogP) is 9.96. The molecule has 58 heavy (non-hydrogen) atoms. The van der Waals surface area contributed by atoms with Gasteiger partial charge in [-0.1, -0.05) is 98.8 Å². The van der Waals surface area contributed by atoms with Crippen LogP contribution in [0.2, 0.25) is 0 Å². The Morgan fingerprint density at radius 2 is 0.983 bits per heavy atom. The van der Waals surface area contributed by atoms with Gasteiger partial charge in [-0.25, -0.2) is 4.98 Å². The number of ether oxygens (including phenoxy) is 2. The van der Waals surface area contributed by atoms with Crippen molar-refractivity contribution in [1.82, 2.24) is 9.97 Å². The Hall–Kier alpha value is -4.99. The molecule has 0 bridgehead atoms. The summed E-state index contributed by atoms with van der Waals surface area (Å²) in [5, 5.41) is 1.13. The maximum absolute atomic E-state index is 6.18. The summed E-state index contributed by atoms with van der Waals surface area (Å²) in [4.78, 5) is 9.47. The van der Waals surface area contributed by atoms with E-state index in [4.69, 9.17) is 38.1 Å². The average molecular weight is 779 g/mol. The van der Waals surface area contributed by atoms with Crippen molar-refractivity contribution in [3.63, 3.8) is 0 Å². The summed E-state index contributed by atoms with van der Waals surface area (Å²) < 4.78 is 36.0. The molecular weight excluding hydrogens is 722 g/mol. The van der Waals surface area contributed by atoms with Gasteiger partial charge in [0.1, 0.15) is 11.5 Å². The molecule has 10 heteroatoms. The van der Waals surface area contributed by atoms with Crippen molar-refractivity contribution < 1.29 is 28.1 Å². The van der Waals surface area contributed by atoms with Crippen molar-refractivity contribution in [2.24, 2.45) is 0 Å². The molecular formula is C48H56B2N2O6. The van der Waals surface area contributed by atoms with Gasteiger partial charge >= 0.3 is 14.2 Å². The van der Waals surface area contributed by atoms with E-state index in [0.717, 1.165) is 55.7 Å². The highest BCUT2D eigenvalue weighted by Crippen LogP contribution is 2.39. The van der Waals surface area contributed by atoms with Crippen LogP contribution < -0.4 is 20.4 Å². The molecule has 0 N–H and O–H groups in total. The summed E-state index contributed by atoms with van der Waals surface area (Å²) >= 11 is 0. The molecule has 2 saturated heterocycles. The van der Waals surface area contributed by atoms with E-state index < -0.39 is 25.4 Å². The van der Waals surface area contributed by atoms with Gasteiger partial charge in [0.05, 0.1) is 53.5 Å². The van der Waals surface area contributed by atoms with Gasteiger partial charge < -0.3 is 28.1 Å². The van der Waals surface area contributed by atoms with Crippen LogP contribution in [0.3, 0.4) is 0 Å². The molecule has 0 amide bonds. The number of pyridine rings is 2. The molecule has 0 unspecified atom stereocenters. The monoisotopic (exact) mass is 778 g/mol. The molecule has 2 aliphatic heterocycles. The molecule has 2 aliphatic rings. The molecule has 6 aromatic rings. The Bertz CT molecular complexity index is 2320. The number of para-hydroxylation sites is 1. The molecule has 4 aromatic carbocycles. The van der Waals surface area contributed by atoms with Crippen LogP contribution in [0.5, 0.6) is 11.5 Å². The van der Waals surface area contributed by atoms with Crippen LogP contribution in [0.1, 0.15) is 69.2 Å². The summed E-state index contributed by atoms with van der Waals surface area (Å²) in [6.07, 6.45) is 1.80. The molecule has 300 valence electrons. The highest BCUT2D eigenvalue weighted by atomic mass is 16.7. The second kappa shape index (κ2) is 17.1. The molecule has 8 rings (SSSR count). The minimum atomic E-state index is -0.507. The Morgan fingerprint density at radius 3 is 1.60 bits per heavy atom. The fourth-order valence-corrected chi connectivity index (χ4v) is 6.68. The molecule has 0 radical (unpaired) electrons. The average Bonchev–Trinajstić information content (AvgIpc) is 3.60. The van der Waals surface area contributed by atoms with Crippen molar-refractivity contribution in [2.75, 3.05) is 14.2 Å². The predicted molar refractivity (Wildman–Crippen MR) is 238 cm³/mol. The second-order valence-corrected chi connectivity index (χ2v) is 16.3. The quantitative estimate of drug-likeness (QED) is 0.148. The van der Waals surface area contributed by atoms with Gasteiger partial charge in [-0.05, 0) is 90.8 Å². The molecule has 8 nitrogen and oxygen atoms in total. The van der Waals surface area contributed by atoms with Crippen LogP contribution in [-0.4, -0.2) is 60.8 Å². The summed E-state index contributed by atoms with van der Waals surface area (Å²) in [6, 6.07) is 38.9. The number of nitrogens with zero attached hydrogens (tertiary/aromatic N) is 2. The normalized spacial score (nSPS) is 17.2. The lowest BCUT2D eigenvalue weighted by Crippen LogP contribution is -2.41. The number of benzene rings is 4. The molecule has 0 aliphatic carbocycles. The van der Waals surface area contributed by atoms with E-state index in [-0.39, 0.29) is 11.2 Å². The lowest BCUT2D eigenvalue weighted by Gasteiger charge is -2.32. The molecule has 0 atom stereocenters. The van der Waals surface area contributed by atoms with Crippen LogP contribution in [0, 0.1) is 0 Å². The largest absolute Gasteiger partial charge is 0.500 e. The molecule has 0 saturated carbocycles. The van der Waals surface area contributed by atoms with Crippen molar-refractivity contribution in [2.45, 2.75) is 91.6 Å². The van der Waals surface area contributed by atoms with Crippen LogP contribution in [0.4, 0.5) is 0 Å². The highest BCUT2D eigenvalue weighted by Gasteiger charge is 2.53. The molecule has 2 aromatic heterocycles. The summed E-state index contributed by atoms with van der Waals surface area (Å²) in [7, 11) is 2.37. The van der Waals surface area contributed by atoms with E-state index >= 15 is 0 Å². The number of rotatable bonds is 7. The first-order valence-corrected chi connectivity index (χ1v) is 20.1. The maximum atomic E-state index is 6.18. The Balaban J connectivity index is 0.000000188. The number of hydrogen-bond donors (Lipinski definition) is 0. The fraction of sp³-hybridized carbons (Fsp3) is 0.333. The molecule has 2 fully saturated rings. The third-order valence-corrected chi connectivity index (χ3v) is 11.5. The minimum absolute atomic E-state index is 0.388. The van der Waals surface area contributed by atoms with Crippen LogP contribution in [0.15, 0.2) is 121 Å². The Morgan fingerprint density at radius 1 is 0.466 bits per heavy atom. The van der Waals surface area contributed by atoms with E-state index in [0.29, 0.717) is 5.75 Å². The lowest BCUT2D eigenvalue weighted by atomic mass is 9.77. The first-order chi connectivity index (χ1) is 27.6. The van der Waals surface area contributed by atoms with Gasteiger partial charge in [-0.15, -0.1) is 0 Å². The third-order valence-electron chi connectivity index (χ3n) is 11.5. The zero-order chi connectivity index (χ0) is 41.9. The van der Waals surface area contributed by atoms with Crippen molar-refractivity contribution in [3.8, 4) is 45.1 Å². The zero-order valence-corrected chi connectivity index (χ0v) is 36.0. The number of hydrogen-bond acceptors (Lipinski definition) is 8. The van der Waals surface area contributed by atoms with Gasteiger partial charge in [-0.3, -0.25) is 4.98 Å². The van der Waals surface area contributed by atoms with Crippen molar-refractivity contribution in [3.05, 3.63) is 121 Å². The molecule has 0 spiro atoms. The van der Waals surface area contributed by atoms with Gasteiger partial charge in [0.15, 0.2) is 0 Å². The van der Waals surface area contributed by atoms with E-state index in [1.807, 2.05) is 142 Å². The molecule has 4 heterocycles. The number of fused-ring (bicyclic) bond motifs is 1. The van der Waals surface area contributed by atoms with Gasteiger partial charge in [0.25, 0.3) is 0 Å². The first-order valence-electron chi connectivity index (χ1n) is 20.1. The van der Waals surface area contributed by atoms with Crippen LogP contribution >= 0.6 is 0 Å². The van der Waals surface area contributed by atoms with Gasteiger partial charge in [-0.2, -0.15) is 0 Å². The van der Waals surface area contributed by atoms with Gasteiger partial charge in [0, 0.05) is 39.7 Å². The van der Waals surface area contributed by atoms with E-state index in [1.54, 1.807) is 20.4 Å². The SMILES string of the molecule is CC.COc1cc(-c2ccc3ccccc3n2)ccc1B1OC(C)(C)C(C)(C)O1.COc1cc(-c2cccc(-c3ccccc3)c2)ncc1B1OC(C)(C)C(C)(C)O1. The van der Waals surface area contributed by atoms with E-state index in [9.17, 15) is 0 Å².